The molecule has 0 bridgehead atoms. The van der Waals surface area contributed by atoms with E-state index in [4.69, 9.17) is 4.74 Å². The van der Waals surface area contributed by atoms with Crippen molar-refractivity contribution in [1.82, 2.24) is 4.90 Å². The molecular weight excluding hydrogens is 250 g/mol. The van der Waals surface area contributed by atoms with Crippen LogP contribution in [-0.4, -0.2) is 49.1 Å². The van der Waals surface area contributed by atoms with Crippen molar-refractivity contribution in [2.24, 2.45) is 0 Å². The highest BCUT2D eigenvalue weighted by Gasteiger charge is 2.21. The molecule has 1 amide bonds. The van der Waals surface area contributed by atoms with Crippen LogP contribution in [0.2, 0.25) is 0 Å². The van der Waals surface area contributed by atoms with Crippen LogP contribution < -0.4 is 0 Å². The summed E-state index contributed by atoms with van der Waals surface area (Å²) in [4.78, 5) is 26.2. The molecule has 1 aliphatic rings. The van der Waals surface area contributed by atoms with Crippen LogP contribution in [-0.2, 0) is 9.53 Å². The second-order valence-electron chi connectivity index (χ2n) is 4.02. The fraction of sp³-hybridized carbons (Fsp3) is 0.385. The first kappa shape index (κ1) is 13.1. The number of thioether (sulfide) groups is 1. The number of nitrogens with zero attached hydrogens (tertiary/aromatic N) is 1. The van der Waals surface area contributed by atoms with Crippen molar-refractivity contribution >= 4 is 23.5 Å². The van der Waals surface area contributed by atoms with Crippen LogP contribution in [0.4, 0.5) is 0 Å². The number of hydrogen-bond acceptors (Lipinski definition) is 4. The molecule has 5 heteroatoms. The van der Waals surface area contributed by atoms with Crippen molar-refractivity contribution < 1.29 is 14.3 Å². The van der Waals surface area contributed by atoms with Gasteiger partial charge >= 0.3 is 0 Å². The van der Waals surface area contributed by atoms with Gasteiger partial charge in [0.05, 0.1) is 13.2 Å². The number of carbonyl (C=O) groups is 2. The van der Waals surface area contributed by atoms with Crippen LogP contribution in [0.5, 0.6) is 0 Å². The number of ether oxygens (including phenoxy) is 1. The SMILES string of the molecule is CSc1ccc(C(=O)CN2CCOCC2=O)cc1. The number of Topliss-reactive ketones (excluding diaryl/α,β-unsaturated/α-hetero) is 1. The molecule has 96 valence electrons. The first-order valence-electron chi connectivity index (χ1n) is 5.73. The molecule has 0 spiro atoms. The number of ketones is 1. The highest BCUT2D eigenvalue weighted by Crippen LogP contribution is 2.15. The van der Waals surface area contributed by atoms with E-state index in [0.717, 1.165) is 4.90 Å². The Morgan fingerprint density at radius 3 is 2.72 bits per heavy atom. The third-order valence-corrected chi connectivity index (χ3v) is 3.57. The van der Waals surface area contributed by atoms with Crippen LogP contribution in [0, 0.1) is 0 Å². The Morgan fingerprint density at radius 2 is 2.11 bits per heavy atom. The first-order valence-corrected chi connectivity index (χ1v) is 6.96. The summed E-state index contributed by atoms with van der Waals surface area (Å²) in [5, 5.41) is 0. The molecule has 0 atom stereocenters. The standard InChI is InChI=1S/C13H15NO3S/c1-18-11-4-2-10(3-5-11)12(15)8-14-6-7-17-9-13(14)16/h2-5H,6-9H2,1H3. The molecular formula is C13H15NO3S. The largest absolute Gasteiger partial charge is 0.370 e. The summed E-state index contributed by atoms with van der Waals surface area (Å²) in [5.41, 5.74) is 0.645. The number of hydrogen-bond donors (Lipinski definition) is 0. The van der Waals surface area contributed by atoms with E-state index in [1.165, 1.54) is 0 Å². The minimum absolute atomic E-state index is 0.0297. The van der Waals surface area contributed by atoms with E-state index in [9.17, 15) is 9.59 Å². The molecule has 0 aromatic heterocycles. The highest BCUT2D eigenvalue weighted by atomic mass is 32.2. The topological polar surface area (TPSA) is 46.6 Å². The number of morpholine rings is 1. The molecule has 1 fully saturated rings. The Hall–Kier alpha value is -1.33. The summed E-state index contributed by atoms with van der Waals surface area (Å²) < 4.78 is 5.02. The fourth-order valence-electron chi connectivity index (χ4n) is 1.76. The number of carbonyl (C=O) groups excluding carboxylic acids is 2. The molecule has 0 saturated carbocycles. The van der Waals surface area contributed by atoms with Crippen molar-refractivity contribution in [3.05, 3.63) is 29.8 Å². The second-order valence-corrected chi connectivity index (χ2v) is 4.90. The number of amides is 1. The maximum atomic E-state index is 12.0. The minimum atomic E-state index is -0.115. The second kappa shape index (κ2) is 6.02. The Labute approximate surface area is 110 Å². The monoisotopic (exact) mass is 265 g/mol. The third kappa shape index (κ3) is 3.11. The Kier molecular flexibility index (Phi) is 4.38. The Balaban J connectivity index is 2.00. The molecule has 1 heterocycles. The molecule has 18 heavy (non-hydrogen) atoms. The predicted octanol–water partition coefficient (Wildman–Crippen LogP) is 1.45. The summed E-state index contributed by atoms with van der Waals surface area (Å²) in [5.74, 6) is -0.145. The van der Waals surface area contributed by atoms with Crippen molar-refractivity contribution in [1.29, 1.82) is 0 Å². The molecule has 1 saturated heterocycles. The lowest BCUT2D eigenvalue weighted by atomic mass is 10.1. The van der Waals surface area contributed by atoms with Gasteiger partial charge in [-0.15, -0.1) is 11.8 Å². The van der Waals surface area contributed by atoms with E-state index in [-0.39, 0.29) is 24.8 Å². The molecule has 0 N–H and O–H groups in total. The smallest absolute Gasteiger partial charge is 0.249 e. The van der Waals surface area contributed by atoms with Crippen molar-refractivity contribution in [2.45, 2.75) is 4.90 Å². The summed E-state index contributed by atoms with van der Waals surface area (Å²) in [7, 11) is 0. The number of benzene rings is 1. The molecule has 0 aliphatic carbocycles. The van der Waals surface area contributed by atoms with Crippen LogP contribution in [0.1, 0.15) is 10.4 Å². The fourth-order valence-corrected chi connectivity index (χ4v) is 2.17. The summed E-state index contributed by atoms with van der Waals surface area (Å²) >= 11 is 1.63. The van der Waals surface area contributed by atoms with Gasteiger partial charge in [0.2, 0.25) is 5.91 Å². The zero-order chi connectivity index (χ0) is 13.0. The summed E-state index contributed by atoms with van der Waals surface area (Å²) in [6, 6.07) is 7.44. The lowest BCUT2D eigenvalue weighted by Crippen LogP contribution is -2.44. The van der Waals surface area contributed by atoms with E-state index in [1.54, 1.807) is 28.8 Å². The van der Waals surface area contributed by atoms with Gasteiger partial charge in [-0.05, 0) is 18.4 Å². The van der Waals surface area contributed by atoms with E-state index in [0.29, 0.717) is 18.7 Å². The average Bonchev–Trinajstić information content (AvgIpc) is 2.41. The molecule has 1 aliphatic heterocycles. The molecule has 0 radical (unpaired) electrons. The average molecular weight is 265 g/mol. The van der Waals surface area contributed by atoms with Gasteiger partial charge in [-0.25, -0.2) is 0 Å². The van der Waals surface area contributed by atoms with Crippen LogP contribution >= 0.6 is 11.8 Å². The van der Waals surface area contributed by atoms with Gasteiger partial charge in [-0.3, -0.25) is 9.59 Å². The third-order valence-electron chi connectivity index (χ3n) is 2.83. The normalized spacial score (nSPS) is 15.8. The Morgan fingerprint density at radius 1 is 1.39 bits per heavy atom. The van der Waals surface area contributed by atoms with Gasteiger partial charge in [0, 0.05) is 17.0 Å². The molecule has 1 aromatic rings. The van der Waals surface area contributed by atoms with Crippen LogP contribution in [0.3, 0.4) is 0 Å². The summed E-state index contributed by atoms with van der Waals surface area (Å²) in [6.45, 7) is 1.22. The van der Waals surface area contributed by atoms with E-state index < -0.39 is 0 Å². The molecule has 2 rings (SSSR count). The zero-order valence-electron chi connectivity index (χ0n) is 10.2. The number of rotatable bonds is 4. The van der Waals surface area contributed by atoms with Gasteiger partial charge in [-0.1, -0.05) is 12.1 Å². The zero-order valence-corrected chi connectivity index (χ0v) is 11.0. The first-order chi connectivity index (χ1) is 8.70. The van der Waals surface area contributed by atoms with E-state index >= 15 is 0 Å². The van der Waals surface area contributed by atoms with Gasteiger partial charge in [-0.2, -0.15) is 0 Å². The van der Waals surface area contributed by atoms with E-state index in [2.05, 4.69) is 0 Å². The lowest BCUT2D eigenvalue weighted by Gasteiger charge is -2.26. The van der Waals surface area contributed by atoms with Crippen molar-refractivity contribution in [3.8, 4) is 0 Å². The van der Waals surface area contributed by atoms with Gasteiger partial charge in [0.1, 0.15) is 6.61 Å². The summed E-state index contributed by atoms with van der Waals surface area (Å²) in [6.07, 6.45) is 1.99. The van der Waals surface area contributed by atoms with Gasteiger partial charge < -0.3 is 9.64 Å². The van der Waals surface area contributed by atoms with Crippen molar-refractivity contribution in [3.63, 3.8) is 0 Å². The molecule has 4 nitrogen and oxygen atoms in total. The maximum Gasteiger partial charge on any atom is 0.249 e. The molecule has 0 unspecified atom stereocenters. The maximum absolute atomic E-state index is 12.0. The highest BCUT2D eigenvalue weighted by molar-refractivity contribution is 7.98. The van der Waals surface area contributed by atoms with Gasteiger partial charge in [0.25, 0.3) is 0 Å². The predicted molar refractivity (Wildman–Crippen MR) is 70.0 cm³/mol. The quantitative estimate of drug-likeness (QED) is 0.610. The van der Waals surface area contributed by atoms with Crippen LogP contribution in [0.15, 0.2) is 29.2 Å². The minimum Gasteiger partial charge on any atom is -0.370 e. The Bertz CT molecular complexity index is 444. The van der Waals surface area contributed by atoms with E-state index in [1.807, 2.05) is 18.4 Å². The van der Waals surface area contributed by atoms with Gasteiger partial charge in [0.15, 0.2) is 5.78 Å². The lowest BCUT2D eigenvalue weighted by molar-refractivity contribution is -0.141. The molecule has 1 aromatic carbocycles. The van der Waals surface area contributed by atoms with Crippen molar-refractivity contribution in [2.75, 3.05) is 32.6 Å². The van der Waals surface area contributed by atoms with Crippen LogP contribution in [0.25, 0.3) is 0 Å².